The molecule has 88 valence electrons. The third kappa shape index (κ3) is 1.80. The zero-order valence-electron chi connectivity index (χ0n) is 9.73. The van der Waals surface area contributed by atoms with Gasteiger partial charge in [0.1, 0.15) is 0 Å². The number of pyridine rings is 1. The SMILES string of the molecule is COC1CNc2cnc3ccccc3c2NC1. The van der Waals surface area contributed by atoms with Crippen LogP contribution in [-0.4, -0.2) is 31.3 Å². The highest BCUT2D eigenvalue weighted by Crippen LogP contribution is 2.31. The number of benzene rings is 1. The molecule has 0 bridgehead atoms. The summed E-state index contributed by atoms with van der Waals surface area (Å²) in [5.41, 5.74) is 3.18. The molecule has 1 atom stereocenters. The molecular weight excluding hydrogens is 214 g/mol. The summed E-state index contributed by atoms with van der Waals surface area (Å²) in [5.74, 6) is 0. The van der Waals surface area contributed by atoms with Gasteiger partial charge in [0.05, 0.1) is 29.2 Å². The summed E-state index contributed by atoms with van der Waals surface area (Å²) in [5, 5.41) is 7.96. The Morgan fingerprint density at radius 2 is 2.06 bits per heavy atom. The second-order valence-corrected chi connectivity index (χ2v) is 4.18. The van der Waals surface area contributed by atoms with Gasteiger partial charge in [-0.1, -0.05) is 18.2 Å². The minimum Gasteiger partial charge on any atom is -0.380 e. The Labute approximate surface area is 100.0 Å². The highest BCUT2D eigenvalue weighted by molar-refractivity contribution is 5.97. The van der Waals surface area contributed by atoms with E-state index >= 15 is 0 Å². The van der Waals surface area contributed by atoms with Crippen molar-refractivity contribution in [2.75, 3.05) is 30.8 Å². The Hall–Kier alpha value is -1.81. The maximum atomic E-state index is 5.37. The van der Waals surface area contributed by atoms with Gasteiger partial charge in [-0.15, -0.1) is 0 Å². The van der Waals surface area contributed by atoms with Gasteiger partial charge in [0.25, 0.3) is 0 Å². The topological polar surface area (TPSA) is 46.2 Å². The predicted octanol–water partition coefficient (Wildman–Crippen LogP) is 2.09. The largest absolute Gasteiger partial charge is 0.380 e. The molecule has 1 aliphatic heterocycles. The average Bonchev–Trinajstić information content (AvgIpc) is 2.60. The molecule has 0 radical (unpaired) electrons. The molecule has 3 rings (SSSR count). The van der Waals surface area contributed by atoms with Crippen molar-refractivity contribution in [3.63, 3.8) is 0 Å². The summed E-state index contributed by atoms with van der Waals surface area (Å²) < 4.78 is 5.37. The molecule has 2 aromatic rings. The van der Waals surface area contributed by atoms with Crippen LogP contribution in [0, 0.1) is 0 Å². The number of nitrogens with zero attached hydrogens (tertiary/aromatic N) is 1. The first-order chi connectivity index (χ1) is 8.38. The minimum atomic E-state index is 0.182. The Morgan fingerprint density at radius 1 is 1.24 bits per heavy atom. The van der Waals surface area contributed by atoms with Crippen LogP contribution < -0.4 is 10.6 Å². The Bertz CT molecular complexity index is 541. The van der Waals surface area contributed by atoms with E-state index in [2.05, 4.69) is 21.7 Å². The van der Waals surface area contributed by atoms with Gasteiger partial charge in [-0.3, -0.25) is 4.98 Å². The van der Waals surface area contributed by atoms with Crippen LogP contribution in [-0.2, 0) is 4.74 Å². The number of ether oxygens (including phenoxy) is 1. The first kappa shape index (κ1) is 10.4. The van der Waals surface area contributed by atoms with E-state index in [4.69, 9.17) is 4.74 Å². The van der Waals surface area contributed by atoms with Crippen molar-refractivity contribution in [2.45, 2.75) is 6.10 Å². The third-order valence-electron chi connectivity index (χ3n) is 3.14. The van der Waals surface area contributed by atoms with E-state index in [0.717, 1.165) is 35.4 Å². The van der Waals surface area contributed by atoms with Crippen molar-refractivity contribution >= 4 is 22.3 Å². The van der Waals surface area contributed by atoms with Crippen molar-refractivity contribution in [3.8, 4) is 0 Å². The van der Waals surface area contributed by atoms with Gasteiger partial charge in [0.15, 0.2) is 0 Å². The number of hydrogen-bond donors (Lipinski definition) is 2. The van der Waals surface area contributed by atoms with Crippen LogP contribution in [0.1, 0.15) is 0 Å². The van der Waals surface area contributed by atoms with Gasteiger partial charge < -0.3 is 15.4 Å². The van der Waals surface area contributed by atoms with Crippen LogP contribution in [0.2, 0.25) is 0 Å². The minimum absolute atomic E-state index is 0.182. The van der Waals surface area contributed by atoms with Gasteiger partial charge in [-0.2, -0.15) is 0 Å². The van der Waals surface area contributed by atoms with Crippen molar-refractivity contribution in [2.24, 2.45) is 0 Å². The maximum absolute atomic E-state index is 5.37. The third-order valence-corrected chi connectivity index (χ3v) is 3.14. The van der Waals surface area contributed by atoms with E-state index < -0.39 is 0 Å². The van der Waals surface area contributed by atoms with Crippen molar-refractivity contribution < 1.29 is 4.74 Å². The van der Waals surface area contributed by atoms with E-state index in [1.165, 1.54) is 0 Å². The highest BCUT2D eigenvalue weighted by Gasteiger charge is 2.16. The van der Waals surface area contributed by atoms with Gasteiger partial charge in [-0.05, 0) is 6.07 Å². The molecule has 0 spiro atoms. The fourth-order valence-corrected chi connectivity index (χ4v) is 2.14. The lowest BCUT2D eigenvalue weighted by Gasteiger charge is -2.12. The molecule has 0 amide bonds. The van der Waals surface area contributed by atoms with Crippen LogP contribution >= 0.6 is 0 Å². The molecule has 1 aromatic carbocycles. The van der Waals surface area contributed by atoms with Crippen LogP contribution in [0.15, 0.2) is 30.5 Å². The lowest BCUT2D eigenvalue weighted by Crippen LogP contribution is -2.26. The molecule has 17 heavy (non-hydrogen) atoms. The van der Waals surface area contributed by atoms with Crippen molar-refractivity contribution in [3.05, 3.63) is 30.5 Å². The zero-order valence-corrected chi connectivity index (χ0v) is 9.73. The number of para-hydroxylation sites is 1. The quantitative estimate of drug-likeness (QED) is 0.786. The number of nitrogens with one attached hydrogen (secondary N) is 2. The molecule has 2 N–H and O–H groups in total. The van der Waals surface area contributed by atoms with E-state index in [0.29, 0.717) is 0 Å². The highest BCUT2D eigenvalue weighted by atomic mass is 16.5. The predicted molar refractivity (Wildman–Crippen MR) is 69.5 cm³/mol. The van der Waals surface area contributed by atoms with Gasteiger partial charge in [0.2, 0.25) is 0 Å². The molecule has 1 aliphatic rings. The van der Waals surface area contributed by atoms with Crippen molar-refractivity contribution in [1.82, 2.24) is 4.98 Å². The molecule has 0 fully saturated rings. The lowest BCUT2D eigenvalue weighted by molar-refractivity contribution is 0.124. The summed E-state index contributed by atoms with van der Waals surface area (Å²) in [7, 11) is 1.74. The molecule has 4 nitrogen and oxygen atoms in total. The first-order valence-electron chi connectivity index (χ1n) is 5.77. The summed E-state index contributed by atoms with van der Waals surface area (Å²) in [6.07, 6.45) is 2.06. The number of hydrogen-bond acceptors (Lipinski definition) is 4. The summed E-state index contributed by atoms with van der Waals surface area (Å²) in [4.78, 5) is 4.44. The first-order valence-corrected chi connectivity index (χ1v) is 5.77. The number of fused-ring (bicyclic) bond motifs is 3. The summed E-state index contributed by atoms with van der Waals surface area (Å²) in [6, 6.07) is 8.15. The average molecular weight is 229 g/mol. The molecule has 0 aliphatic carbocycles. The second-order valence-electron chi connectivity index (χ2n) is 4.18. The number of rotatable bonds is 1. The molecule has 1 unspecified atom stereocenters. The monoisotopic (exact) mass is 229 g/mol. The van der Waals surface area contributed by atoms with Gasteiger partial charge >= 0.3 is 0 Å². The van der Waals surface area contributed by atoms with Gasteiger partial charge in [-0.25, -0.2) is 0 Å². The summed E-state index contributed by atoms with van der Waals surface area (Å²) >= 11 is 0. The van der Waals surface area contributed by atoms with E-state index in [9.17, 15) is 0 Å². The van der Waals surface area contributed by atoms with E-state index in [1.54, 1.807) is 7.11 Å². The Balaban J connectivity index is 2.09. The normalized spacial score (nSPS) is 19.0. The molecule has 2 heterocycles. The van der Waals surface area contributed by atoms with Gasteiger partial charge in [0, 0.05) is 25.6 Å². The van der Waals surface area contributed by atoms with Crippen molar-refractivity contribution in [1.29, 1.82) is 0 Å². The molecule has 1 aromatic heterocycles. The van der Waals surface area contributed by atoms with Crippen LogP contribution in [0.3, 0.4) is 0 Å². The maximum Gasteiger partial charge on any atom is 0.0915 e. The molecule has 0 saturated heterocycles. The Morgan fingerprint density at radius 3 is 2.94 bits per heavy atom. The molecule has 0 saturated carbocycles. The lowest BCUT2D eigenvalue weighted by atomic mass is 10.1. The number of methoxy groups -OCH3 is 1. The Kier molecular flexibility index (Phi) is 2.57. The molecule has 4 heteroatoms. The van der Waals surface area contributed by atoms with Crippen LogP contribution in [0.4, 0.5) is 11.4 Å². The molecular formula is C13H15N3O. The fraction of sp³-hybridized carbons (Fsp3) is 0.308. The smallest absolute Gasteiger partial charge is 0.0915 e. The number of aromatic nitrogens is 1. The standard InChI is InChI=1S/C13H15N3O/c1-17-9-6-14-12-8-15-11-5-3-2-4-10(11)13(12)16-7-9/h2-5,8-9,14,16H,6-7H2,1H3. The number of anilines is 2. The fourth-order valence-electron chi connectivity index (χ4n) is 2.14. The van der Waals surface area contributed by atoms with Crippen LogP contribution in [0.25, 0.3) is 10.9 Å². The summed E-state index contributed by atoms with van der Waals surface area (Å²) in [6.45, 7) is 1.61. The van der Waals surface area contributed by atoms with E-state index in [-0.39, 0.29) is 6.10 Å². The van der Waals surface area contributed by atoms with E-state index in [1.807, 2.05) is 24.4 Å². The zero-order chi connectivity index (χ0) is 11.7. The van der Waals surface area contributed by atoms with Crippen LogP contribution in [0.5, 0.6) is 0 Å². The second kappa shape index (κ2) is 4.22.